The van der Waals surface area contributed by atoms with Gasteiger partial charge in [0.2, 0.25) is 0 Å². The summed E-state index contributed by atoms with van der Waals surface area (Å²) in [4.78, 5) is 2.47. The van der Waals surface area contributed by atoms with Crippen LogP contribution in [0.3, 0.4) is 0 Å². The first kappa shape index (κ1) is 22.9. The molecule has 0 amide bonds. The summed E-state index contributed by atoms with van der Waals surface area (Å²) in [7, 11) is -2.97. The van der Waals surface area contributed by atoms with Gasteiger partial charge in [0.05, 0.1) is 10.5 Å². The molecule has 0 saturated heterocycles. The third-order valence-electron chi connectivity index (χ3n) is 6.24. The Labute approximate surface area is 183 Å². The maximum atomic E-state index is 12.1. The zero-order valence-electron chi connectivity index (χ0n) is 18.9. The van der Waals surface area contributed by atoms with Gasteiger partial charge in [-0.25, -0.2) is 8.42 Å². The van der Waals surface area contributed by atoms with Gasteiger partial charge in [0, 0.05) is 18.8 Å². The van der Waals surface area contributed by atoms with Gasteiger partial charge in [-0.1, -0.05) is 55.7 Å². The van der Waals surface area contributed by atoms with Gasteiger partial charge in [0.1, 0.15) is 0 Å². The molecule has 0 atom stereocenters. The van der Waals surface area contributed by atoms with Crippen LogP contribution in [0.25, 0.3) is 0 Å². The van der Waals surface area contributed by atoms with Crippen molar-refractivity contribution in [2.45, 2.75) is 77.0 Å². The van der Waals surface area contributed by atoms with Gasteiger partial charge in [-0.3, -0.25) is 0 Å². The molecule has 4 heteroatoms. The Hall–Kier alpha value is -1.81. The molecule has 0 aliphatic carbocycles. The van der Waals surface area contributed by atoms with E-state index in [1.165, 1.54) is 35.2 Å². The molecule has 0 fully saturated rings. The van der Waals surface area contributed by atoms with Gasteiger partial charge >= 0.3 is 0 Å². The van der Waals surface area contributed by atoms with Crippen molar-refractivity contribution in [1.82, 2.24) is 0 Å². The van der Waals surface area contributed by atoms with Crippen molar-refractivity contribution in [3.8, 4) is 0 Å². The minimum absolute atomic E-state index is 0.318. The summed E-state index contributed by atoms with van der Waals surface area (Å²) >= 11 is 0. The number of benzene rings is 2. The fourth-order valence-electron chi connectivity index (χ4n) is 4.05. The lowest BCUT2D eigenvalue weighted by Crippen LogP contribution is -2.30. The third-order valence-corrected chi connectivity index (χ3v) is 8.94. The lowest BCUT2D eigenvalue weighted by molar-refractivity contribution is 0.552. The molecule has 2 aromatic carbocycles. The summed E-state index contributed by atoms with van der Waals surface area (Å²) < 4.78 is 23.6. The molecule has 0 unspecified atom stereocenters. The lowest BCUT2D eigenvalue weighted by Gasteiger charge is -2.30. The van der Waals surface area contributed by atoms with E-state index in [-0.39, 0.29) is 0 Å². The van der Waals surface area contributed by atoms with Gasteiger partial charge in [-0.15, -0.1) is 0 Å². The average Bonchev–Trinajstić information content (AvgIpc) is 2.72. The predicted octanol–water partition coefficient (Wildman–Crippen LogP) is 5.96. The summed E-state index contributed by atoms with van der Waals surface area (Å²) in [5, 5.41) is 0. The first-order valence-electron chi connectivity index (χ1n) is 11.4. The highest BCUT2D eigenvalue weighted by Gasteiger charge is 2.27. The maximum absolute atomic E-state index is 12.1. The second kappa shape index (κ2) is 10.00. The van der Waals surface area contributed by atoms with Crippen molar-refractivity contribution in [2.75, 3.05) is 17.2 Å². The average molecular weight is 428 g/mol. The number of fused-ring (bicyclic) bond motifs is 1. The second-order valence-electron chi connectivity index (χ2n) is 9.56. The number of unbranched alkanes of at least 4 members (excludes halogenated alkanes) is 4. The van der Waals surface area contributed by atoms with Crippen LogP contribution in [-0.2, 0) is 29.2 Å². The van der Waals surface area contributed by atoms with Gasteiger partial charge in [-0.05, 0) is 75.3 Å². The Morgan fingerprint density at radius 1 is 0.833 bits per heavy atom. The Morgan fingerprint density at radius 2 is 1.47 bits per heavy atom. The van der Waals surface area contributed by atoms with E-state index in [4.69, 9.17) is 0 Å². The molecule has 0 spiro atoms. The Bertz CT molecular complexity index is 911. The predicted molar refractivity (Wildman–Crippen MR) is 128 cm³/mol. The van der Waals surface area contributed by atoms with E-state index in [0.717, 1.165) is 45.2 Å². The van der Waals surface area contributed by atoms with Crippen molar-refractivity contribution < 1.29 is 8.42 Å². The Kier molecular flexibility index (Phi) is 7.62. The molecule has 0 bridgehead atoms. The van der Waals surface area contributed by atoms with Crippen molar-refractivity contribution in [3.05, 3.63) is 65.2 Å². The SMILES string of the molecule is CC(C)(C)S(=O)(=O)CCCCCCCc1ccc(N2CCc3ccccc3C2)cc1. The number of aryl methyl sites for hydroxylation is 1. The van der Waals surface area contributed by atoms with Crippen LogP contribution in [0.2, 0.25) is 0 Å². The molecular formula is C26H37NO2S. The fraction of sp³-hybridized carbons (Fsp3) is 0.538. The number of nitrogens with zero attached hydrogens (tertiary/aromatic N) is 1. The van der Waals surface area contributed by atoms with E-state index in [1.54, 1.807) is 20.8 Å². The monoisotopic (exact) mass is 427 g/mol. The molecule has 30 heavy (non-hydrogen) atoms. The van der Waals surface area contributed by atoms with Crippen LogP contribution in [-0.4, -0.2) is 25.5 Å². The van der Waals surface area contributed by atoms with Crippen LogP contribution in [0.1, 0.15) is 69.6 Å². The molecule has 1 heterocycles. The Morgan fingerprint density at radius 3 is 2.17 bits per heavy atom. The topological polar surface area (TPSA) is 37.4 Å². The summed E-state index contributed by atoms with van der Waals surface area (Å²) in [6, 6.07) is 17.8. The molecule has 164 valence electrons. The standard InChI is InChI=1S/C26H37NO2S/c1-26(2,3)30(28,29)20-10-6-4-5-7-11-22-14-16-25(17-15-22)27-19-18-23-12-8-9-13-24(23)21-27/h8-9,12-17H,4-7,10-11,18-21H2,1-3H3. The summed E-state index contributed by atoms with van der Waals surface area (Å²) in [6.07, 6.45) is 7.46. The first-order valence-corrected chi connectivity index (χ1v) is 13.0. The quantitative estimate of drug-likeness (QED) is 0.464. The van der Waals surface area contributed by atoms with Crippen molar-refractivity contribution >= 4 is 15.5 Å². The largest absolute Gasteiger partial charge is 0.367 e. The van der Waals surface area contributed by atoms with E-state index >= 15 is 0 Å². The first-order chi connectivity index (χ1) is 14.3. The van der Waals surface area contributed by atoms with E-state index < -0.39 is 14.6 Å². The van der Waals surface area contributed by atoms with Gasteiger partial charge < -0.3 is 4.90 Å². The second-order valence-corrected chi connectivity index (χ2v) is 12.4. The van der Waals surface area contributed by atoms with E-state index in [0.29, 0.717) is 5.75 Å². The van der Waals surface area contributed by atoms with E-state index in [9.17, 15) is 8.42 Å². The number of hydrogen-bond acceptors (Lipinski definition) is 3. The van der Waals surface area contributed by atoms with Crippen molar-refractivity contribution in [1.29, 1.82) is 0 Å². The number of rotatable bonds is 9. The molecule has 3 rings (SSSR count). The third kappa shape index (κ3) is 6.10. The van der Waals surface area contributed by atoms with Crippen molar-refractivity contribution in [3.63, 3.8) is 0 Å². The van der Waals surface area contributed by atoms with E-state index in [2.05, 4.69) is 53.4 Å². The molecule has 3 nitrogen and oxygen atoms in total. The normalized spacial score (nSPS) is 14.6. The molecule has 0 N–H and O–H groups in total. The molecule has 0 aromatic heterocycles. The van der Waals surface area contributed by atoms with Crippen molar-refractivity contribution in [2.24, 2.45) is 0 Å². The summed E-state index contributed by atoms with van der Waals surface area (Å²) in [5.41, 5.74) is 5.64. The molecular weight excluding hydrogens is 390 g/mol. The smallest absolute Gasteiger partial charge is 0.155 e. The number of hydrogen-bond donors (Lipinski definition) is 0. The molecule has 0 saturated carbocycles. The minimum Gasteiger partial charge on any atom is -0.367 e. The molecule has 1 aliphatic rings. The number of sulfone groups is 1. The van der Waals surface area contributed by atoms with Gasteiger partial charge in [0.15, 0.2) is 9.84 Å². The molecule has 0 radical (unpaired) electrons. The van der Waals surface area contributed by atoms with Crippen LogP contribution < -0.4 is 4.90 Å². The van der Waals surface area contributed by atoms with Crippen LogP contribution >= 0.6 is 0 Å². The van der Waals surface area contributed by atoms with Crippen LogP contribution in [0.4, 0.5) is 5.69 Å². The summed E-state index contributed by atoms with van der Waals surface area (Å²) in [6.45, 7) is 7.45. The lowest BCUT2D eigenvalue weighted by atomic mass is 9.99. The molecule has 2 aromatic rings. The maximum Gasteiger partial charge on any atom is 0.155 e. The van der Waals surface area contributed by atoms with Crippen LogP contribution in [0, 0.1) is 0 Å². The molecule has 1 aliphatic heterocycles. The minimum atomic E-state index is -2.97. The zero-order valence-corrected chi connectivity index (χ0v) is 19.7. The van der Waals surface area contributed by atoms with E-state index in [1.807, 2.05) is 0 Å². The zero-order chi connectivity index (χ0) is 21.6. The Balaban J connectivity index is 1.36. The van der Waals surface area contributed by atoms with Gasteiger partial charge in [-0.2, -0.15) is 0 Å². The highest BCUT2D eigenvalue weighted by atomic mass is 32.2. The fourth-order valence-corrected chi connectivity index (χ4v) is 5.24. The van der Waals surface area contributed by atoms with Crippen LogP contribution in [0.5, 0.6) is 0 Å². The highest BCUT2D eigenvalue weighted by Crippen LogP contribution is 2.25. The van der Waals surface area contributed by atoms with Crippen LogP contribution in [0.15, 0.2) is 48.5 Å². The number of anilines is 1. The summed E-state index contributed by atoms with van der Waals surface area (Å²) in [5.74, 6) is 0.318. The van der Waals surface area contributed by atoms with Gasteiger partial charge in [0.25, 0.3) is 0 Å². The highest BCUT2D eigenvalue weighted by molar-refractivity contribution is 7.92.